The maximum Gasteiger partial charge on any atom is 0.137 e. The lowest BCUT2D eigenvalue weighted by atomic mass is 10.3. The Morgan fingerprint density at radius 2 is 1.71 bits per heavy atom. The highest BCUT2D eigenvalue weighted by Gasteiger charge is 2.00. The Balaban J connectivity index is 2.50. The molecule has 0 aromatic heterocycles. The first kappa shape index (κ1) is 11.6. The molecule has 0 aliphatic carbocycles. The molecule has 0 unspecified atom stereocenters. The molecule has 0 atom stereocenters. The van der Waals surface area contributed by atoms with Gasteiger partial charge in [0.25, 0.3) is 0 Å². The summed E-state index contributed by atoms with van der Waals surface area (Å²) in [6.07, 6.45) is 0. The summed E-state index contributed by atoms with van der Waals surface area (Å²) in [6, 6.07) is 5.21. The quantitative estimate of drug-likeness (QED) is 0.835. The SMILES string of the molecule is C[NH+](C)CCOc1cc(Cl)cc(Cl)c1. The van der Waals surface area contributed by atoms with Crippen LogP contribution in [0.1, 0.15) is 0 Å². The summed E-state index contributed by atoms with van der Waals surface area (Å²) in [5.74, 6) is 0.726. The van der Waals surface area contributed by atoms with Crippen LogP contribution in [0.3, 0.4) is 0 Å². The molecule has 0 bridgehead atoms. The number of ether oxygens (including phenoxy) is 1. The molecular weight excluding hydrogens is 221 g/mol. The van der Waals surface area contributed by atoms with Crippen LogP contribution in [-0.2, 0) is 0 Å². The lowest BCUT2D eigenvalue weighted by Gasteiger charge is -2.09. The Hall–Kier alpha value is -0.440. The molecule has 0 spiro atoms. The van der Waals surface area contributed by atoms with Crippen molar-refractivity contribution < 1.29 is 9.64 Å². The third kappa shape index (κ3) is 4.18. The van der Waals surface area contributed by atoms with E-state index in [9.17, 15) is 0 Å². The number of halogens is 2. The standard InChI is InChI=1S/C10H13Cl2NO/c1-13(2)3-4-14-10-6-8(11)5-9(12)7-10/h5-7H,3-4H2,1-2H3/p+1. The van der Waals surface area contributed by atoms with Gasteiger partial charge in [0, 0.05) is 10.0 Å². The van der Waals surface area contributed by atoms with Gasteiger partial charge in [-0.2, -0.15) is 0 Å². The first-order valence-electron chi connectivity index (χ1n) is 4.46. The molecule has 1 aromatic rings. The van der Waals surface area contributed by atoms with Crippen molar-refractivity contribution >= 4 is 23.2 Å². The van der Waals surface area contributed by atoms with Gasteiger partial charge in [-0.05, 0) is 18.2 Å². The summed E-state index contributed by atoms with van der Waals surface area (Å²) in [7, 11) is 4.16. The van der Waals surface area contributed by atoms with E-state index in [0.717, 1.165) is 12.3 Å². The smallest absolute Gasteiger partial charge is 0.137 e. The second kappa shape index (κ2) is 5.44. The Bertz CT molecular complexity index is 282. The van der Waals surface area contributed by atoms with Gasteiger partial charge < -0.3 is 9.64 Å². The molecular formula is C10H14Cl2NO+. The van der Waals surface area contributed by atoms with Gasteiger partial charge in [0.2, 0.25) is 0 Å². The van der Waals surface area contributed by atoms with E-state index in [1.165, 1.54) is 4.90 Å². The molecule has 0 heterocycles. The van der Waals surface area contributed by atoms with Crippen molar-refractivity contribution in [3.05, 3.63) is 28.2 Å². The highest BCUT2D eigenvalue weighted by molar-refractivity contribution is 6.34. The number of rotatable bonds is 4. The van der Waals surface area contributed by atoms with Gasteiger partial charge in [0.05, 0.1) is 14.1 Å². The Morgan fingerprint density at radius 1 is 1.14 bits per heavy atom. The molecule has 0 saturated heterocycles. The van der Waals surface area contributed by atoms with Crippen molar-refractivity contribution in [2.45, 2.75) is 0 Å². The topological polar surface area (TPSA) is 13.7 Å². The maximum atomic E-state index is 5.82. The third-order valence-electron chi connectivity index (χ3n) is 1.71. The second-order valence-electron chi connectivity index (χ2n) is 3.41. The molecule has 1 N–H and O–H groups in total. The molecule has 1 rings (SSSR count). The summed E-state index contributed by atoms with van der Waals surface area (Å²) < 4.78 is 5.49. The highest BCUT2D eigenvalue weighted by atomic mass is 35.5. The van der Waals surface area contributed by atoms with Crippen LogP contribution in [-0.4, -0.2) is 27.2 Å². The molecule has 0 fully saturated rings. The predicted octanol–water partition coefficient (Wildman–Crippen LogP) is 1.52. The van der Waals surface area contributed by atoms with Crippen molar-refractivity contribution in [1.29, 1.82) is 0 Å². The molecule has 0 amide bonds. The Kier molecular flexibility index (Phi) is 4.52. The molecule has 78 valence electrons. The fourth-order valence-electron chi connectivity index (χ4n) is 0.985. The van der Waals surface area contributed by atoms with E-state index in [0.29, 0.717) is 16.7 Å². The molecule has 2 nitrogen and oxygen atoms in total. The van der Waals surface area contributed by atoms with Crippen LogP contribution >= 0.6 is 23.2 Å². The zero-order valence-corrected chi connectivity index (χ0v) is 9.82. The number of likely N-dealkylation sites (N-methyl/N-ethyl adjacent to an activating group) is 1. The van der Waals surface area contributed by atoms with E-state index in [-0.39, 0.29) is 0 Å². The third-order valence-corrected chi connectivity index (χ3v) is 2.14. The minimum atomic E-state index is 0.602. The van der Waals surface area contributed by atoms with Crippen LogP contribution in [0, 0.1) is 0 Å². The van der Waals surface area contributed by atoms with E-state index in [2.05, 4.69) is 14.1 Å². The molecule has 0 radical (unpaired) electrons. The van der Waals surface area contributed by atoms with Gasteiger partial charge >= 0.3 is 0 Å². The molecule has 14 heavy (non-hydrogen) atoms. The summed E-state index contributed by atoms with van der Waals surface area (Å²) in [6.45, 7) is 1.61. The van der Waals surface area contributed by atoms with E-state index < -0.39 is 0 Å². The lowest BCUT2D eigenvalue weighted by Crippen LogP contribution is -3.06. The van der Waals surface area contributed by atoms with E-state index in [1.807, 2.05) is 0 Å². The zero-order valence-electron chi connectivity index (χ0n) is 8.31. The summed E-state index contributed by atoms with van der Waals surface area (Å²) in [4.78, 5) is 1.35. The molecule has 0 aliphatic rings. The number of hydrogen-bond donors (Lipinski definition) is 1. The highest BCUT2D eigenvalue weighted by Crippen LogP contribution is 2.23. The molecule has 0 aliphatic heterocycles. The average Bonchev–Trinajstić information content (AvgIpc) is 2.01. The first-order valence-corrected chi connectivity index (χ1v) is 5.21. The van der Waals surface area contributed by atoms with Crippen molar-refractivity contribution in [1.82, 2.24) is 0 Å². The minimum absolute atomic E-state index is 0.602. The number of nitrogens with one attached hydrogen (secondary N) is 1. The summed E-state index contributed by atoms with van der Waals surface area (Å²) in [5.41, 5.74) is 0. The molecule has 1 aromatic carbocycles. The maximum absolute atomic E-state index is 5.82. The van der Waals surface area contributed by atoms with Crippen molar-refractivity contribution in [2.75, 3.05) is 27.2 Å². The van der Waals surface area contributed by atoms with Crippen LogP contribution in [0.4, 0.5) is 0 Å². The summed E-state index contributed by atoms with van der Waals surface area (Å²) in [5, 5.41) is 1.20. The van der Waals surface area contributed by atoms with Crippen molar-refractivity contribution in [3.63, 3.8) is 0 Å². The van der Waals surface area contributed by atoms with E-state index >= 15 is 0 Å². The van der Waals surface area contributed by atoms with Crippen molar-refractivity contribution in [2.24, 2.45) is 0 Å². The van der Waals surface area contributed by atoms with Gasteiger partial charge in [-0.1, -0.05) is 23.2 Å². The zero-order chi connectivity index (χ0) is 10.6. The number of quaternary nitrogens is 1. The van der Waals surface area contributed by atoms with E-state index in [4.69, 9.17) is 27.9 Å². The van der Waals surface area contributed by atoms with E-state index in [1.54, 1.807) is 18.2 Å². The van der Waals surface area contributed by atoms with Gasteiger partial charge in [0.1, 0.15) is 18.9 Å². The number of hydrogen-bond acceptors (Lipinski definition) is 1. The van der Waals surface area contributed by atoms with Gasteiger partial charge in [0.15, 0.2) is 0 Å². The predicted molar refractivity (Wildman–Crippen MR) is 59.6 cm³/mol. The van der Waals surface area contributed by atoms with Crippen LogP contribution in [0.25, 0.3) is 0 Å². The van der Waals surface area contributed by atoms with Gasteiger partial charge in [-0.25, -0.2) is 0 Å². The fraction of sp³-hybridized carbons (Fsp3) is 0.400. The Labute approximate surface area is 94.4 Å². The van der Waals surface area contributed by atoms with Crippen LogP contribution < -0.4 is 9.64 Å². The normalized spacial score (nSPS) is 10.6. The Morgan fingerprint density at radius 3 is 2.21 bits per heavy atom. The first-order chi connectivity index (χ1) is 6.58. The lowest BCUT2D eigenvalue weighted by molar-refractivity contribution is -0.858. The van der Waals surface area contributed by atoms with Gasteiger partial charge in [-0.3, -0.25) is 0 Å². The van der Waals surface area contributed by atoms with Crippen LogP contribution in [0.2, 0.25) is 10.0 Å². The van der Waals surface area contributed by atoms with Gasteiger partial charge in [-0.15, -0.1) is 0 Å². The summed E-state index contributed by atoms with van der Waals surface area (Å²) >= 11 is 11.6. The second-order valence-corrected chi connectivity index (χ2v) is 4.28. The molecule has 4 heteroatoms. The van der Waals surface area contributed by atoms with Crippen molar-refractivity contribution in [3.8, 4) is 5.75 Å². The fourth-order valence-corrected chi connectivity index (χ4v) is 1.49. The monoisotopic (exact) mass is 234 g/mol. The number of benzene rings is 1. The largest absolute Gasteiger partial charge is 0.488 e. The van der Waals surface area contributed by atoms with Crippen LogP contribution in [0.15, 0.2) is 18.2 Å². The van der Waals surface area contributed by atoms with Crippen LogP contribution in [0.5, 0.6) is 5.75 Å². The minimum Gasteiger partial charge on any atom is -0.488 e. The molecule has 0 saturated carbocycles. The average molecular weight is 235 g/mol.